The second-order valence-corrected chi connectivity index (χ2v) is 5.97. The Morgan fingerprint density at radius 2 is 1.75 bits per heavy atom. The van der Waals surface area contributed by atoms with E-state index in [1.807, 2.05) is 30.3 Å². The summed E-state index contributed by atoms with van der Waals surface area (Å²) in [5.41, 5.74) is 1.38. The van der Waals surface area contributed by atoms with E-state index in [1.165, 1.54) is 0 Å². The van der Waals surface area contributed by atoms with Gasteiger partial charge in [0, 0.05) is 31.2 Å². The molecule has 0 atom stereocenters. The van der Waals surface area contributed by atoms with Crippen molar-refractivity contribution < 1.29 is 9.53 Å². The normalized spacial score (nSPS) is 20.4. The fraction of sp³-hybridized carbons (Fsp3) is 0.389. The highest BCUT2D eigenvalue weighted by atomic mass is 16.5. The van der Waals surface area contributed by atoms with Gasteiger partial charge >= 0.3 is 0 Å². The number of methoxy groups -OCH3 is 1. The molecule has 126 valence electrons. The maximum Gasteiger partial charge on any atom is 0.254 e. The molecule has 2 N–H and O–H groups in total. The van der Waals surface area contributed by atoms with Crippen LogP contribution in [-0.2, 0) is 4.74 Å². The minimum atomic E-state index is -0.123. The average Bonchev–Trinajstić information content (AvgIpc) is 2.64. The van der Waals surface area contributed by atoms with Crippen molar-refractivity contribution in [3.05, 3.63) is 48.3 Å². The Hall–Kier alpha value is -2.47. The number of ether oxygens (including phenoxy) is 1. The van der Waals surface area contributed by atoms with Gasteiger partial charge in [-0.25, -0.2) is 9.97 Å². The first-order valence-corrected chi connectivity index (χ1v) is 8.22. The van der Waals surface area contributed by atoms with Crippen LogP contribution in [0.4, 0.5) is 11.6 Å². The quantitative estimate of drug-likeness (QED) is 0.883. The number of anilines is 2. The Balaban J connectivity index is 1.54. The molecule has 1 fully saturated rings. The Morgan fingerprint density at radius 1 is 1.08 bits per heavy atom. The number of nitrogens with one attached hydrogen (secondary N) is 2. The first-order valence-electron chi connectivity index (χ1n) is 8.22. The molecule has 0 radical (unpaired) electrons. The summed E-state index contributed by atoms with van der Waals surface area (Å²) in [4.78, 5) is 20.7. The molecule has 6 nitrogen and oxygen atoms in total. The molecule has 0 bridgehead atoms. The zero-order valence-electron chi connectivity index (χ0n) is 13.7. The number of benzene rings is 1. The molecule has 1 aliphatic rings. The van der Waals surface area contributed by atoms with E-state index in [2.05, 4.69) is 20.6 Å². The van der Waals surface area contributed by atoms with E-state index < -0.39 is 0 Å². The van der Waals surface area contributed by atoms with Crippen molar-refractivity contribution in [3.63, 3.8) is 0 Å². The second-order valence-electron chi connectivity index (χ2n) is 5.97. The van der Waals surface area contributed by atoms with E-state index in [-0.39, 0.29) is 11.9 Å². The largest absolute Gasteiger partial charge is 0.381 e. The van der Waals surface area contributed by atoms with E-state index in [4.69, 9.17) is 4.74 Å². The van der Waals surface area contributed by atoms with Gasteiger partial charge in [-0.15, -0.1) is 0 Å². The van der Waals surface area contributed by atoms with Crippen LogP contribution in [0.25, 0.3) is 0 Å². The van der Waals surface area contributed by atoms with Gasteiger partial charge in [-0.2, -0.15) is 0 Å². The highest BCUT2D eigenvalue weighted by Crippen LogP contribution is 2.21. The standard InChI is InChI=1S/C18H22N4O2/c1-24-16-9-7-15(8-10-16)21-17(23)13-11-19-18(20-12-13)22-14-5-3-2-4-6-14/h2-6,11-12,15-16H,7-10H2,1H3,(H,21,23)(H,19,20,22). The number of rotatable bonds is 5. The third-order valence-corrected chi connectivity index (χ3v) is 4.29. The lowest BCUT2D eigenvalue weighted by molar-refractivity contribution is 0.0599. The Kier molecular flexibility index (Phi) is 5.38. The molecule has 0 spiro atoms. The van der Waals surface area contributed by atoms with Crippen LogP contribution in [0.3, 0.4) is 0 Å². The Morgan fingerprint density at radius 3 is 2.38 bits per heavy atom. The summed E-state index contributed by atoms with van der Waals surface area (Å²) in [6.07, 6.45) is 7.28. The first kappa shape index (κ1) is 16.4. The van der Waals surface area contributed by atoms with Crippen molar-refractivity contribution >= 4 is 17.5 Å². The molecule has 2 aromatic rings. The van der Waals surface area contributed by atoms with Crippen molar-refractivity contribution in [2.75, 3.05) is 12.4 Å². The summed E-state index contributed by atoms with van der Waals surface area (Å²) < 4.78 is 5.35. The summed E-state index contributed by atoms with van der Waals surface area (Å²) in [6.45, 7) is 0. The van der Waals surface area contributed by atoms with Gasteiger partial charge in [0.25, 0.3) is 5.91 Å². The molecular weight excluding hydrogens is 304 g/mol. The number of hydrogen-bond donors (Lipinski definition) is 2. The van der Waals surface area contributed by atoms with Crippen molar-refractivity contribution in [2.45, 2.75) is 37.8 Å². The maximum atomic E-state index is 12.3. The average molecular weight is 326 g/mol. The van der Waals surface area contributed by atoms with Gasteiger partial charge in [0.15, 0.2) is 0 Å². The highest BCUT2D eigenvalue weighted by Gasteiger charge is 2.22. The van der Waals surface area contributed by atoms with Crippen molar-refractivity contribution in [1.29, 1.82) is 0 Å². The summed E-state index contributed by atoms with van der Waals surface area (Å²) in [5.74, 6) is 0.348. The van der Waals surface area contributed by atoms with Crippen LogP contribution >= 0.6 is 0 Å². The molecular formula is C18H22N4O2. The summed E-state index contributed by atoms with van der Waals surface area (Å²) in [7, 11) is 1.74. The van der Waals surface area contributed by atoms with Gasteiger partial charge in [0.2, 0.25) is 5.95 Å². The third-order valence-electron chi connectivity index (χ3n) is 4.29. The van der Waals surface area contributed by atoms with Crippen LogP contribution in [0.1, 0.15) is 36.0 Å². The number of carbonyl (C=O) groups excluding carboxylic acids is 1. The third kappa shape index (κ3) is 4.29. The number of carbonyl (C=O) groups is 1. The molecule has 1 aromatic carbocycles. The van der Waals surface area contributed by atoms with Crippen LogP contribution in [0, 0.1) is 0 Å². The van der Waals surface area contributed by atoms with Gasteiger partial charge < -0.3 is 15.4 Å². The predicted octanol–water partition coefficient (Wildman–Crippen LogP) is 2.91. The Labute approximate surface area is 141 Å². The van der Waals surface area contributed by atoms with Crippen LogP contribution in [0.15, 0.2) is 42.7 Å². The summed E-state index contributed by atoms with van der Waals surface area (Å²) in [6, 6.07) is 9.87. The molecule has 6 heteroatoms. The summed E-state index contributed by atoms with van der Waals surface area (Å²) in [5, 5.41) is 6.15. The fourth-order valence-electron chi connectivity index (χ4n) is 2.87. The van der Waals surface area contributed by atoms with Crippen molar-refractivity contribution in [1.82, 2.24) is 15.3 Å². The maximum absolute atomic E-state index is 12.3. The minimum Gasteiger partial charge on any atom is -0.381 e. The molecule has 3 rings (SSSR count). The topological polar surface area (TPSA) is 76.1 Å². The zero-order chi connectivity index (χ0) is 16.8. The lowest BCUT2D eigenvalue weighted by atomic mass is 9.93. The summed E-state index contributed by atoms with van der Waals surface area (Å²) >= 11 is 0. The van der Waals surface area contributed by atoms with E-state index in [0.29, 0.717) is 17.6 Å². The van der Waals surface area contributed by atoms with E-state index in [9.17, 15) is 4.79 Å². The van der Waals surface area contributed by atoms with Crippen molar-refractivity contribution in [2.24, 2.45) is 0 Å². The first-order chi connectivity index (χ1) is 11.7. The number of aromatic nitrogens is 2. The SMILES string of the molecule is COC1CCC(NC(=O)c2cnc(Nc3ccccc3)nc2)CC1. The molecule has 1 saturated carbocycles. The number of amides is 1. The number of para-hydroxylation sites is 1. The molecule has 1 aliphatic carbocycles. The zero-order valence-corrected chi connectivity index (χ0v) is 13.7. The van der Waals surface area contributed by atoms with Gasteiger partial charge in [-0.05, 0) is 37.8 Å². The smallest absolute Gasteiger partial charge is 0.254 e. The molecule has 1 amide bonds. The van der Waals surface area contributed by atoms with Crippen LogP contribution in [-0.4, -0.2) is 35.1 Å². The van der Waals surface area contributed by atoms with Crippen LogP contribution < -0.4 is 10.6 Å². The lowest BCUT2D eigenvalue weighted by Crippen LogP contribution is -2.39. The highest BCUT2D eigenvalue weighted by molar-refractivity contribution is 5.93. The van der Waals surface area contributed by atoms with Crippen molar-refractivity contribution in [3.8, 4) is 0 Å². The molecule has 0 aliphatic heterocycles. The molecule has 1 heterocycles. The van der Waals surface area contributed by atoms with Gasteiger partial charge in [-0.1, -0.05) is 18.2 Å². The van der Waals surface area contributed by atoms with Gasteiger partial charge in [0.1, 0.15) is 0 Å². The Bertz CT molecular complexity index is 652. The van der Waals surface area contributed by atoms with Gasteiger partial charge in [0.05, 0.1) is 11.7 Å². The predicted molar refractivity (Wildman–Crippen MR) is 92.3 cm³/mol. The number of hydrogen-bond acceptors (Lipinski definition) is 5. The van der Waals surface area contributed by atoms with Crippen LogP contribution in [0.2, 0.25) is 0 Å². The second kappa shape index (κ2) is 7.88. The minimum absolute atomic E-state index is 0.123. The fourth-order valence-corrected chi connectivity index (χ4v) is 2.87. The molecule has 0 saturated heterocycles. The molecule has 0 unspecified atom stereocenters. The molecule has 24 heavy (non-hydrogen) atoms. The van der Waals surface area contributed by atoms with Crippen LogP contribution in [0.5, 0.6) is 0 Å². The monoisotopic (exact) mass is 326 g/mol. The van der Waals surface area contributed by atoms with E-state index in [1.54, 1.807) is 19.5 Å². The number of nitrogens with zero attached hydrogens (tertiary/aromatic N) is 2. The van der Waals surface area contributed by atoms with E-state index in [0.717, 1.165) is 31.4 Å². The van der Waals surface area contributed by atoms with Gasteiger partial charge in [-0.3, -0.25) is 4.79 Å². The molecule has 1 aromatic heterocycles. The lowest BCUT2D eigenvalue weighted by Gasteiger charge is -2.28. The van der Waals surface area contributed by atoms with E-state index >= 15 is 0 Å².